The second-order valence-electron chi connectivity index (χ2n) is 6.58. The molecule has 29 heavy (non-hydrogen) atoms. The van der Waals surface area contributed by atoms with Gasteiger partial charge >= 0.3 is 0 Å². The van der Waals surface area contributed by atoms with Crippen LogP contribution in [-0.4, -0.2) is 26.7 Å². The van der Waals surface area contributed by atoms with Gasteiger partial charge in [0.05, 0.1) is 27.1 Å². The highest BCUT2D eigenvalue weighted by atomic mass is 16.5. The van der Waals surface area contributed by atoms with Crippen molar-refractivity contribution >= 4 is 28.1 Å². The number of hydrogen-bond donors (Lipinski definition) is 1. The average Bonchev–Trinajstić information content (AvgIpc) is 3.07. The number of carbonyl (C=O) groups is 1. The van der Waals surface area contributed by atoms with Crippen LogP contribution in [0.15, 0.2) is 47.1 Å². The molecule has 6 heteroatoms. The number of methoxy groups -OCH3 is 2. The Kier molecular flexibility index (Phi) is 6.12. The number of benzene rings is 2. The normalized spacial score (nSPS) is 11.4. The van der Waals surface area contributed by atoms with Gasteiger partial charge in [0.1, 0.15) is 11.3 Å². The molecule has 0 aliphatic carbocycles. The summed E-state index contributed by atoms with van der Waals surface area (Å²) >= 11 is 0. The third-order valence-electron chi connectivity index (χ3n) is 4.59. The van der Waals surface area contributed by atoms with Crippen molar-refractivity contribution in [2.24, 2.45) is 0 Å². The van der Waals surface area contributed by atoms with Crippen molar-refractivity contribution < 1.29 is 23.4 Å². The van der Waals surface area contributed by atoms with Crippen molar-refractivity contribution in [3.8, 4) is 17.2 Å². The standard InChI is InChI=1S/C23H25NO5/c1-6-28-20-12-21-18(15(3)13-29-21)11-17(20)14(2)9-23(25)24-16-7-8-19(26-4)22(10-16)27-5/h7-13H,6H2,1-5H3,(H,24,25)/b14-9+. The summed E-state index contributed by atoms with van der Waals surface area (Å²) < 4.78 is 21.8. The van der Waals surface area contributed by atoms with E-state index in [1.807, 2.05) is 32.9 Å². The van der Waals surface area contributed by atoms with Gasteiger partial charge in [-0.25, -0.2) is 0 Å². The molecule has 0 radical (unpaired) electrons. The second-order valence-corrected chi connectivity index (χ2v) is 6.58. The van der Waals surface area contributed by atoms with Crippen LogP contribution in [0.25, 0.3) is 16.5 Å². The van der Waals surface area contributed by atoms with Crippen LogP contribution >= 0.6 is 0 Å². The van der Waals surface area contributed by atoms with Crippen LogP contribution in [0.4, 0.5) is 5.69 Å². The summed E-state index contributed by atoms with van der Waals surface area (Å²) in [5.74, 6) is 1.58. The highest BCUT2D eigenvalue weighted by Gasteiger charge is 2.13. The van der Waals surface area contributed by atoms with E-state index in [1.54, 1.807) is 44.8 Å². The summed E-state index contributed by atoms with van der Waals surface area (Å²) in [6, 6.07) is 9.08. The maximum Gasteiger partial charge on any atom is 0.248 e. The zero-order chi connectivity index (χ0) is 21.0. The van der Waals surface area contributed by atoms with Gasteiger partial charge in [0.25, 0.3) is 0 Å². The molecule has 0 saturated heterocycles. The molecule has 0 spiro atoms. The van der Waals surface area contributed by atoms with Crippen LogP contribution in [0.3, 0.4) is 0 Å². The van der Waals surface area contributed by atoms with E-state index in [4.69, 9.17) is 18.6 Å². The van der Waals surface area contributed by atoms with Crippen LogP contribution in [0, 0.1) is 6.92 Å². The highest BCUT2D eigenvalue weighted by Crippen LogP contribution is 2.34. The van der Waals surface area contributed by atoms with E-state index >= 15 is 0 Å². The van der Waals surface area contributed by atoms with Gasteiger partial charge in [-0.3, -0.25) is 4.79 Å². The minimum atomic E-state index is -0.249. The molecule has 0 aliphatic rings. The number of rotatable bonds is 7. The van der Waals surface area contributed by atoms with Crippen molar-refractivity contribution in [1.29, 1.82) is 0 Å². The minimum Gasteiger partial charge on any atom is -0.493 e. The van der Waals surface area contributed by atoms with Gasteiger partial charge in [0, 0.05) is 34.8 Å². The molecule has 0 saturated carbocycles. The zero-order valence-corrected chi connectivity index (χ0v) is 17.3. The van der Waals surface area contributed by atoms with Crippen LogP contribution < -0.4 is 19.5 Å². The lowest BCUT2D eigenvalue weighted by atomic mass is 10.0. The van der Waals surface area contributed by atoms with Crippen molar-refractivity contribution in [1.82, 2.24) is 0 Å². The fourth-order valence-corrected chi connectivity index (χ4v) is 3.13. The number of hydrogen-bond acceptors (Lipinski definition) is 5. The highest BCUT2D eigenvalue weighted by molar-refractivity contribution is 6.04. The van der Waals surface area contributed by atoms with Crippen LogP contribution in [0.5, 0.6) is 17.2 Å². The predicted molar refractivity (Wildman–Crippen MR) is 114 cm³/mol. The fraction of sp³-hybridized carbons (Fsp3) is 0.261. The number of anilines is 1. The maximum absolute atomic E-state index is 12.6. The first-order chi connectivity index (χ1) is 14.0. The van der Waals surface area contributed by atoms with E-state index in [9.17, 15) is 4.79 Å². The van der Waals surface area contributed by atoms with Crippen LogP contribution in [-0.2, 0) is 4.79 Å². The Bertz CT molecular complexity index is 1060. The van der Waals surface area contributed by atoms with Gasteiger partial charge in [-0.05, 0) is 50.1 Å². The number of nitrogens with one attached hydrogen (secondary N) is 1. The fourth-order valence-electron chi connectivity index (χ4n) is 3.13. The van der Waals surface area contributed by atoms with Gasteiger partial charge in [0.2, 0.25) is 5.91 Å². The lowest BCUT2D eigenvalue weighted by Gasteiger charge is -2.12. The van der Waals surface area contributed by atoms with Gasteiger partial charge < -0.3 is 23.9 Å². The molecule has 1 heterocycles. The van der Waals surface area contributed by atoms with E-state index in [2.05, 4.69) is 5.32 Å². The summed E-state index contributed by atoms with van der Waals surface area (Å²) in [6.45, 7) is 6.31. The third-order valence-corrected chi connectivity index (χ3v) is 4.59. The summed E-state index contributed by atoms with van der Waals surface area (Å²) in [5.41, 5.74) is 4.05. The molecule has 0 aliphatic heterocycles. The molecule has 2 aromatic carbocycles. The number of fused-ring (bicyclic) bond motifs is 1. The largest absolute Gasteiger partial charge is 0.493 e. The molecule has 3 aromatic rings. The molecule has 0 fully saturated rings. The molecule has 152 valence electrons. The Morgan fingerprint density at radius 1 is 1.10 bits per heavy atom. The molecule has 0 unspecified atom stereocenters. The molecular weight excluding hydrogens is 370 g/mol. The van der Waals surface area contributed by atoms with Gasteiger partial charge in [0.15, 0.2) is 11.5 Å². The molecule has 0 bridgehead atoms. The molecule has 0 atom stereocenters. The van der Waals surface area contributed by atoms with Gasteiger partial charge in [-0.1, -0.05) is 0 Å². The summed E-state index contributed by atoms with van der Waals surface area (Å²) in [6.07, 6.45) is 3.27. The van der Waals surface area contributed by atoms with Crippen LogP contribution in [0.2, 0.25) is 0 Å². The molecule has 6 nitrogen and oxygen atoms in total. The van der Waals surface area contributed by atoms with E-state index in [-0.39, 0.29) is 5.91 Å². The number of allylic oxidation sites excluding steroid dienone is 1. The van der Waals surface area contributed by atoms with E-state index < -0.39 is 0 Å². The zero-order valence-electron chi connectivity index (χ0n) is 17.3. The smallest absolute Gasteiger partial charge is 0.248 e. The number of carbonyl (C=O) groups excluding carboxylic acids is 1. The third kappa shape index (κ3) is 4.37. The predicted octanol–water partition coefficient (Wildman–Crippen LogP) is 5.20. The quantitative estimate of drug-likeness (QED) is 0.557. The van der Waals surface area contributed by atoms with E-state index in [0.29, 0.717) is 29.5 Å². The Morgan fingerprint density at radius 3 is 2.55 bits per heavy atom. The summed E-state index contributed by atoms with van der Waals surface area (Å²) in [7, 11) is 3.12. The van der Waals surface area contributed by atoms with E-state index in [0.717, 1.165) is 27.7 Å². The first kappa shape index (κ1) is 20.3. The van der Waals surface area contributed by atoms with Crippen LogP contribution in [0.1, 0.15) is 25.0 Å². The van der Waals surface area contributed by atoms with Gasteiger partial charge in [-0.15, -0.1) is 0 Å². The van der Waals surface area contributed by atoms with E-state index in [1.165, 1.54) is 0 Å². The van der Waals surface area contributed by atoms with Crippen molar-refractivity contribution in [3.05, 3.63) is 53.8 Å². The number of ether oxygens (including phenoxy) is 3. The Morgan fingerprint density at radius 2 is 1.86 bits per heavy atom. The second kappa shape index (κ2) is 8.73. The Balaban J connectivity index is 1.89. The van der Waals surface area contributed by atoms with Crippen molar-refractivity contribution in [2.75, 3.05) is 26.1 Å². The molecule has 1 N–H and O–H groups in total. The topological polar surface area (TPSA) is 69.9 Å². The lowest BCUT2D eigenvalue weighted by Crippen LogP contribution is -2.09. The van der Waals surface area contributed by atoms with Crippen molar-refractivity contribution in [3.63, 3.8) is 0 Å². The molecule has 3 rings (SSSR count). The Labute approximate surface area is 170 Å². The summed E-state index contributed by atoms with van der Waals surface area (Å²) in [4.78, 5) is 12.6. The summed E-state index contributed by atoms with van der Waals surface area (Å²) in [5, 5.41) is 3.85. The molecular formula is C23H25NO5. The number of amides is 1. The number of aryl methyl sites for hydroxylation is 1. The maximum atomic E-state index is 12.6. The van der Waals surface area contributed by atoms with Crippen molar-refractivity contribution in [2.45, 2.75) is 20.8 Å². The molecule has 1 aromatic heterocycles. The Hall–Kier alpha value is -3.41. The first-order valence-electron chi connectivity index (χ1n) is 9.33. The lowest BCUT2D eigenvalue weighted by molar-refractivity contribution is -0.111. The SMILES string of the molecule is CCOc1cc2occ(C)c2cc1/C(C)=C/C(=O)Nc1ccc(OC)c(OC)c1. The first-order valence-corrected chi connectivity index (χ1v) is 9.33. The minimum absolute atomic E-state index is 0.249. The average molecular weight is 395 g/mol. The number of furan rings is 1. The monoisotopic (exact) mass is 395 g/mol. The van der Waals surface area contributed by atoms with Gasteiger partial charge in [-0.2, -0.15) is 0 Å². The molecule has 1 amide bonds.